The quantitative estimate of drug-likeness (QED) is 0.763. The molecule has 4 heteroatoms. The van der Waals surface area contributed by atoms with E-state index in [1.54, 1.807) is 18.2 Å². The molecule has 1 unspecified atom stereocenters. The zero-order chi connectivity index (χ0) is 14.6. The highest BCUT2D eigenvalue weighted by molar-refractivity contribution is 5.97. The first kappa shape index (κ1) is 15.5. The van der Waals surface area contributed by atoms with Gasteiger partial charge in [-0.05, 0) is 43.9 Å². The van der Waals surface area contributed by atoms with Crippen molar-refractivity contribution in [2.24, 2.45) is 11.7 Å². The number of nitrogens with one attached hydrogen (secondary N) is 1. The van der Waals surface area contributed by atoms with Crippen LogP contribution in [0.5, 0.6) is 5.75 Å². The summed E-state index contributed by atoms with van der Waals surface area (Å²) in [5.41, 5.74) is 6.51. The summed E-state index contributed by atoms with van der Waals surface area (Å²) in [5.74, 6) is 0.146. The summed E-state index contributed by atoms with van der Waals surface area (Å²) in [4.78, 5) is 12.2. The standard InChI is InChI=1S/C15H24N2O2/c1-10(2)8-15(4,9-16)17-14(19)12-6-5-11(3)7-13(12)18/h5-7,10,18H,8-9,16H2,1-4H3,(H,17,19). The van der Waals surface area contributed by atoms with Crippen LogP contribution in [-0.4, -0.2) is 23.1 Å². The maximum Gasteiger partial charge on any atom is 0.255 e. The Morgan fingerprint density at radius 3 is 2.58 bits per heavy atom. The van der Waals surface area contributed by atoms with Gasteiger partial charge in [0.2, 0.25) is 0 Å². The first-order chi connectivity index (χ1) is 8.77. The highest BCUT2D eigenvalue weighted by atomic mass is 16.3. The van der Waals surface area contributed by atoms with Crippen molar-refractivity contribution >= 4 is 5.91 Å². The Balaban J connectivity index is 2.88. The Hall–Kier alpha value is -1.55. The third kappa shape index (κ3) is 4.24. The molecule has 0 radical (unpaired) electrons. The van der Waals surface area contributed by atoms with E-state index < -0.39 is 5.54 Å². The monoisotopic (exact) mass is 264 g/mol. The number of aryl methyl sites for hydroxylation is 1. The molecule has 4 N–H and O–H groups in total. The molecule has 4 nitrogen and oxygen atoms in total. The van der Waals surface area contributed by atoms with Gasteiger partial charge >= 0.3 is 0 Å². The zero-order valence-electron chi connectivity index (χ0n) is 12.2. The highest BCUT2D eigenvalue weighted by Gasteiger charge is 2.27. The highest BCUT2D eigenvalue weighted by Crippen LogP contribution is 2.21. The minimum Gasteiger partial charge on any atom is -0.507 e. The van der Waals surface area contributed by atoms with Gasteiger partial charge in [0.25, 0.3) is 5.91 Å². The lowest BCUT2D eigenvalue weighted by Crippen LogP contribution is -2.52. The second-order valence-corrected chi connectivity index (χ2v) is 5.84. The number of hydrogen-bond acceptors (Lipinski definition) is 3. The smallest absolute Gasteiger partial charge is 0.255 e. The van der Waals surface area contributed by atoms with Gasteiger partial charge in [-0.25, -0.2) is 0 Å². The van der Waals surface area contributed by atoms with Crippen LogP contribution in [0.3, 0.4) is 0 Å². The van der Waals surface area contributed by atoms with Gasteiger partial charge in [0.05, 0.1) is 5.56 Å². The third-order valence-corrected chi connectivity index (χ3v) is 3.12. The number of hydrogen-bond donors (Lipinski definition) is 3. The van der Waals surface area contributed by atoms with Crippen molar-refractivity contribution in [3.05, 3.63) is 29.3 Å². The Morgan fingerprint density at radius 1 is 1.47 bits per heavy atom. The van der Waals surface area contributed by atoms with Crippen LogP contribution in [0.4, 0.5) is 0 Å². The van der Waals surface area contributed by atoms with Crippen molar-refractivity contribution in [3.8, 4) is 5.75 Å². The number of phenols is 1. The second kappa shape index (κ2) is 6.06. The second-order valence-electron chi connectivity index (χ2n) is 5.84. The molecule has 1 aromatic rings. The summed E-state index contributed by atoms with van der Waals surface area (Å²) in [6.45, 7) is 8.33. The molecule has 0 saturated carbocycles. The number of amides is 1. The largest absolute Gasteiger partial charge is 0.507 e. The fourth-order valence-electron chi connectivity index (χ4n) is 2.26. The first-order valence-electron chi connectivity index (χ1n) is 6.59. The predicted octanol–water partition coefficient (Wildman–Crippen LogP) is 2.19. The van der Waals surface area contributed by atoms with Gasteiger partial charge in [0.15, 0.2) is 0 Å². The van der Waals surface area contributed by atoms with Gasteiger partial charge < -0.3 is 16.2 Å². The lowest BCUT2D eigenvalue weighted by molar-refractivity contribution is 0.0895. The van der Waals surface area contributed by atoms with Crippen LogP contribution >= 0.6 is 0 Å². The summed E-state index contributed by atoms with van der Waals surface area (Å²) >= 11 is 0. The van der Waals surface area contributed by atoms with Gasteiger partial charge in [-0.3, -0.25) is 4.79 Å². The lowest BCUT2D eigenvalue weighted by atomic mass is 9.90. The molecule has 0 aliphatic heterocycles. The van der Waals surface area contributed by atoms with Crippen molar-refractivity contribution in [1.29, 1.82) is 0 Å². The molecule has 1 amide bonds. The maximum absolute atomic E-state index is 12.2. The van der Waals surface area contributed by atoms with E-state index in [0.29, 0.717) is 12.5 Å². The molecule has 0 spiro atoms. The normalized spacial score (nSPS) is 14.2. The number of carbonyl (C=O) groups is 1. The topological polar surface area (TPSA) is 75.4 Å². The van der Waals surface area contributed by atoms with E-state index in [2.05, 4.69) is 19.2 Å². The minimum absolute atomic E-state index is 0.00131. The van der Waals surface area contributed by atoms with Crippen molar-refractivity contribution in [1.82, 2.24) is 5.32 Å². The van der Waals surface area contributed by atoms with Gasteiger partial charge in [-0.1, -0.05) is 19.9 Å². The average molecular weight is 264 g/mol. The van der Waals surface area contributed by atoms with E-state index >= 15 is 0 Å². The van der Waals surface area contributed by atoms with E-state index in [4.69, 9.17) is 5.73 Å². The molecule has 19 heavy (non-hydrogen) atoms. The molecule has 1 rings (SSSR count). The summed E-state index contributed by atoms with van der Waals surface area (Å²) in [5, 5.41) is 12.7. The molecule has 0 saturated heterocycles. The van der Waals surface area contributed by atoms with Crippen LogP contribution in [0.15, 0.2) is 18.2 Å². The van der Waals surface area contributed by atoms with E-state index in [0.717, 1.165) is 12.0 Å². The fourth-order valence-corrected chi connectivity index (χ4v) is 2.26. The fraction of sp³-hybridized carbons (Fsp3) is 0.533. The number of carbonyl (C=O) groups excluding carboxylic acids is 1. The van der Waals surface area contributed by atoms with Crippen LogP contribution in [0.25, 0.3) is 0 Å². The van der Waals surface area contributed by atoms with Crippen LogP contribution in [-0.2, 0) is 0 Å². The zero-order valence-corrected chi connectivity index (χ0v) is 12.2. The van der Waals surface area contributed by atoms with Crippen LogP contribution in [0.1, 0.15) is 43.1 Å². The lowest BCUT2D eigenvalue weighted by Gasteiger charge is -2.31. The molecule has 1 aromatic carbocycles. The van der Waals surface area contributed by atoms with E-state index in [1.165, 1.54) is 0 Å². The molecular formula is C15H24N2O2. The molecule has 0 bridgehead atoms. The summed E-state index contributed by atoms with van der Waals surface area (Å²) in [7, 11) is 0. The van der Waals surface area contributed by atoms with Gasteiger partial charge in [0.1, 0.15) is 5.75 Å². The number of rotatable bonds is 5. The molecule has 0 fully saturated rings. The number of nitrogens with two attached hydrogens (primary N) is 1. The maximum atomic E-state index is 12.2. The molecule has 0 heterocycles. The Kier molecular flexibility index (Phi) is 4.95. The summed E-state index contributed by atoms with van der Waals surface area (Å²) in [6, 6.07) is 5.01. The van der Waals surface area contributed by atoms with Gasteiger partial charge in [0, 0.05) is 12.1 Å². The molecule has 0 aliphatic rings. The van der Waals surface area contributed by atoms with E-state index in [1.807, 2.05) is 13.8 Å². The first-order valence-corrected chi connectivity index (χ1v) is 6.59. The minimum atomic E-state index is -0.456. The molecule has 106 valence electrons. The summed E-state index contributed by atoms with van der Waals surface area (Å²) in [6.07, 6.45) is 0.794. The number of benzene rings is 1. The third-order valence-electron chi connectivity index (χ3n) is 3.12. The van der Waals surface area contributed by atoms with Crippen molar-refractivity contribution in [2.45, 2.75) is 39.7 Å². The van der Waals surface area contributed by atoms with E-state index in [-0.39, 0.29) is 17.2 Å². The Morgan fingerprint density at radius 2 is 2.11 bits per heavy atom. The number of phenolic OH excluding ortho intramolecular Hbond substituents is 1. The van der Waals surface area contributed by atoms with E-state index in [9.17, 15) is 9.90 Å². The molecule has 1 atom stereocenters. The van der Waals surface area contributed by atoms with Gasteiger partial charge in [-0.15, -0.1) is 0 Å². The SMILES string of the molecule is Cc1ccc(C(=O)NC(C)(CN)CC(C)C)c(O)c1. The predicted molar refractivity (Wildman–Crippen MR) is 77.2 cm³/mol. The number of aromatic hydroxyl groups is 1. The molecular weight excluding hydrogens is 240 g/mol. The summed E-state index contributed by atoms with van der Waals surface area (Å²) < 4.78 is 0. The Labute approximate surface area is 115 Å². The Bertz CT molecular complexity index is 457. The van der Waals surface area contributed by atoms with Crippen LogP contribution in [0.2, 0.25) is 0 Å². The molecule has 0 aliphatic carbocycles. The van der Waals surface area contributed by atoms with Crippen molar-refractivity contribution in [2.75, 3.05) is 6.54 Å². The molecule has 0 aromatic heterocycles. The van der Waals surface area contributed by atoms with Crippen molar-refractivity contribution < 1.29 is 9.90 Å². The van der Waals surface area contributed by atoms with Crippen molar-refractivity contribution in [3.63, 3.8) is 0 Å². The van der Waals surface area contributed by atoms with Gasteiger partial charge in [-0.2, -0.15) is 0 Å². The van der Waals surface area contributed by atoms with Crippen LogP contribution in [0, 0.1) is 12.8 Å². The average Bonchev–Trinajstić information content (AvgIpc) is 2.27. The van der Waals surface area contributed by atoms with Crippen LogP contribution < -0.4 is 11.1 Å².